The Balaban J connectivity index is 0.00000253. The maximum absolute atomic E-state index is 13.2. The molecule has 2 aromatic heterocycles. The summed E-state index contributed by atoms with van der Waals surface area (Å²) in [7, 11) is 1.80. The number of hydrogen-bond donors (Lipinski definition) is 2. The van der Waals surface area contributed by atoms with E-state index in [1.54, 1.807) is 17.1 Å². The van der Waals surface area contributed by atoms with Gasteiger partial charge in [0.25, 0.3) is 10.0 Å². The number of likely N-dealkylation sites (N-methyl/N-ethyl adjacent to an activating group) is 1. The molecule has 0 radical (unpaired) electrons. The number of nitrogens with zero attached hydrogens (tertiary/aromatic N) is 5. The maximum atomic E-state index is 13.2. The van der Waals surface area contributed by atoms with Crippen LogP contribution in [0.15, 0.2) is 41.7 Å². The monoisotopic (exact) mass is 585 g/mol. The lowest BCUT2D eigenvalue weighted by Crippen LogP contribution is -2.35. The fourth-order valence-corrected chi connectivity index (χ4v) is 6.39. The van der Waals surface area contributed by atoms with E-state index < -0.39 is 16.1 Å². The molecule has 2 aliphatic rings. The van der Waals surface area contributed by atoms with Gasteiger partial charge in [-0.2, -0.15) is 13.5 Å². The third kappa shape index (κ3) is 6.88. The zero-order chi connectivity index (χ0) is 29.1. The second-order valence-corrected chi connectivity index (χ2v) is 12.8. The number of likely N-dealkylation sites (tertiary alicyclic amines) is 1. The van der Waals surface area contributed by atoms with Gasteiger partial charge in [-0.1, -0.05) is 6.07 Å². The van der Waals surface area contributed by atoms with Gasteiger partial charge < -0.3 is 19.9 Å². The first-order valence-corrected chi connectivity index (χ1v) is 15.6. The lowest BCUT2D eigenvalue weighted by Gasteiger charge is -2.29. The van der Waals surface area contributed by atoms with E-state index in [0.717, 1.165) is 67.4 Å². The van der Waals surface area contributed by atoms with E-state index in [0.29, 0.717) is 24.7 Å². The number of hydrogen-bond acceptors (Lipinski definition) is 8. The lowest BCUT2D eigenvalue weighted by molar-refractivity contribution is 0.110. The predicted octanol–water partition coefficient (Wildman–Crippen LogP) is 3.78. The van der Waals surface area contributed by atoms with Crippen molar-refractivity contribution in [2.24, 2.45) is 0 Å². The van der Waals surface area contributed by atoms with E-state index in [-0.39, 0.29) is 14.0 Å². The number of amides is 2. The van der Waals surface area contributed by atoms with Crippen molar-refractivity contribution < 1.29 is 20.8 Å². The number of rotatable bonds is 9. The Kier molecular flexibility index (Phi) is 8.62. The minimum absolute atomic E-state index is 0. The zero-order valence-corrected chi connectivity index (χ0v) is 25.0. The van der Waals surface area contributed by atoms with Crippen LogP contribution in [-0.4, -0.2) is 85.9 Å². The van der Waals surface area contributed by atoms with Crippen molar-refractivity contribution >= 4 is 21.7 Å². The molecule has 0 spiro atoms. The van der Waals surface area contributed by atoms with Crippen LogP contribution < -0.4 is 14.8 Å². The van der Waals surface area contributed by atoms with Gasteiger partial charge in [0, 0.05) is 46.5 Å². The van der Waals surface area contributed by atoms with E-state index in [1.807, 2.05) is 38.1 Å². The number of ether oxygens (including phenoxy) is 1. The second-order valence-electron chi connectivity index (χ2n) is 11.2. The number of nitrogens with one attached hydrogen (secondary N) is 2. The first kappa shape index (κ1) is 29.0. The van der Waals surface area contributed by atoms with Crippen molar-refractivity contribution in [3.8, 4) is 17.0 Å². The van der Waals surface area contributed by atoms with E-state index in [2.05, 4.69) is 38.1 Å². The van der Waals surface area contributed by atoms with Gasteiger partial charge in [0.2, 0.25) is 5.88 Å². The van der Waals surface area contributed by atoms with Crippen LogP contribution in [0.5, 0.6) is 5.88 Å². The van der Waals surface area contributed by atoms with Gasteiger partial charge in [-0.05, 0) is 94.6 Å². The Hall–Kier alpha value is -3.48. The summed E-state index contributed by atoms with van der Waals surface area (Å²) in [5.41, 5.74) is 5.49. The zero-order valence-electron chi connectivity index (χ0n) is 24.2. The third-order valence-electron chi connectivity index (χ3n) is 7.71. The largest absolute Gasteiger partial charge is 0.474 e. The number of pyridine rings is 1. The molecule has 0 saturated carbocycles. The summed E-state index contributed by atoms with van der Waals surface area (Å²) in [4.78, 5) is 21.9. The molecular formula is C29H43N7O4S. The van der Waals surface area contributed by atoms with Crippen LogP contribution in [0.4, 0.5) is 10.5 Å². The lowest BCUT2D eigenvalue weighted by atomic mass is 9.93. The molecule has 224 valence electrons. The highest BCUT2D eigenvalue weighted by Crippen LogP contribution is 2.41. The molecule has 5 rings (SSSR count). The van der Waals surface area contributed by atoms with Gasteiger partial charge in [0.15, 0.2) is 5.03 Å². The van der Waals surface area contributed by atoms with Crippen molar-refractivity contribution in [3.63, 3.8) is 0 Å². The van der Waals surface area contributed by atoms with Crippen LogP contribution in [0.1, 0.15) is 38.8 Å². The standard InChI is InChI=1S/C29H39N7O4S.2H2/c1-20-18-21-6-5-7-24(21)28(27(20)22-8-12-30-25(19-22)40-23-9-13-35(4)14-10-23)31-29(37)33-41(38,39)26-11-15-36(32-26)17-16-34(2)3;;/h8,11-12,15,18-19,23H,5-7,9-10,13-14,16-17H2,1-4H3,(H2,31,33,37);2*1H. The predicted molar refractivity (Wildman–Crippen MR) is 162 cm³/mol. The molecule has 11 nitrogen and oxygen atoms in total. The Morgan fingerprint density at radius 1 is 1.20 bits per heavy atom. The van der Waals surface area contributed by atoms with Gasteiger partial charge in [-0.15, -0.1) is 0 Å². The number of fused-ring (bicyclic) bond motifs is 1. The molecule has 1 aromatic carbocycles. The number of benzene rings is 1. The fourth-order valence-electron chi connectivity index (χ4n) is 5.53. The van der Waals surface area contributed by atoms with Crippen molar-refractivity contribution in [2.75, 3.05) is 46.1 Å². The number of anilines is 1. The minimum atomic E-state index is -4.17. The molecule has 0 unspecified atom stereocenters. The number of carbonyl (C=O) groups is 1. The molecule has 12 heteroatoms. The van der Waals surface area contributed by atoms with Crippen LogP contribution in [0.25, 0.3) is 11.1 Å². The molecular weight excluding hydrogens is 542 g/mol. The van der Waals surface area contributed by atoms with Crippen LogP contribution in [0.3, 0.4) is 0 Å². The Bertz CT molecular complexity index is 1520. The second kappa shape index (κ2) is 12.2. The molecule has 2 N–H and O–H groups in total. The van der Waals surface area contributed by atoms with Crippen molar-refractivity contribution in [1.82, 2.24) is 29.3 Å². The summed E-state index contributed by atoms with van der Waals surface area (Å²) in [5.74, 6) is 0.541. The topological polar surface area (TPSA) is 122 Å². The number of urea groups is 1. The molecule has 0 atom stereocenters. The Morgan fingerprint density at radius 2 is 1.98 bits per heavy atom. The van der Waals surface area contributed by atoms with Crippen LogP contribution >= 0.6 is 0 Å². The van der Waals surface area contributed by atoms with Crippen LogP contribution in [0, 0.1) is 6.92 Å². The number of piperidine rings is 1. The summed E-state index contributed by atoms with van der Waals surface area (Å²) in [5, 5.41) is 6.84. The first-order valence-electron chi connectivity index (χ1n) is 14.1. The third-order valence-corrected chi connectivity index (χ3v) is 8.93. The van der Waals surface area contributed by atoms with Crippen molar-refractivity contribution in [2.45, 2.75) is 56.7 Å². The summed E-state index contributed by atoms with van der Waals surface area (Å²) >= 11 is 0. The Labute approximate surface area is 244 Å². The van der Waals surface area contributed by atoms with Crippen molar-refractivity contribution in [1.29, 1.82) is 0 Å². The Morgan fingerprint density at radius 3 is 2.73 bits per heavy atom. The molecule has 1 aliphatic heterocycles. The normalized spacial score (nSPS) is 16.1. The average Bonchev–Trinajstić information content (AvgIpc) is 3.59. The number of carbonyl (C=O) groups excluding carboxylic acids is 1. The fraction of sp³-hybridized carbons (Fsp3) is 0.483. The molecule has 3 heterocycles. The van der Waals surface area contributed by atoms with Crippen LogP contribution in [0.2, 0.25) is 0 Å². The van der Waals surface area contributed by atoms with Crippen LogP contribution in [-0.2, 0) is 29.4 Å². The quantitative estimate of drug-likeness (QED) is 0.389. The average molecular weight is 586 g/mol. The highest BCUT2D eigenvalue weighted by atomic mass is 32.2. The molecule has 1 aliphatic carbocycles. The SMILES string of the molecule is Cc1cc2c(c(NC(=O)NS(=O)(=O)c3ccn(CCN(C)C)n3)c1-c1ccnc(OC3CCN(C)CC3)c1)CCC2.[HH].[HH]. The molecule has 1 saturated heterocycles. The summed E-state index contributed by atoms with van der Waals surface area (Å²) < 4.78 is 36.0. The van der Waals surface area contributed by atoms with Gasteiger partial charge in [-0.25, -0.2) is 14.5 Å². The van der Waals surface area contributed by atoms with Gasteiger partial charge >= 0.3 is 6.03 Å². The summed E-state index contributed by atoms with van der Waals surface area (Å²) in [6.07, 6.45) is 7.98. The highest BCUT2D eigenvalue weighted by Gasteiger charge is 2.26. The maximum Gasteiger partial charge on any atom is 0.333 e. The van der Waals surface area contributed by atoms with E-state index >= 15 is 0 Å². The van der Waals surface area contributed by atoms with E-state index in [4.69, 9.17) is 4.74 Å². The number of aryl methyl sites for hydroxylation is 2. The molecule has 1 fully saturated rings. The molecule has 3 aromatic rings. The minimum Gasteiger partial charge on any atom is -0.474 e. The van der Waals surface area contributed by atoms with Gasteiger partial charge in [-0.3, -0.25) is 4.68 Å². The summed E-state index contributed by atoms with van der Waals surface area (Å²) in [6, 6.07) is 6.53. The smallest absolute Gasteiger partial charge is 0.333 e. The highest BCUT2D eigenvalue weighted by molar-refractivity contribution is 7.90. The molecule has 2 amide bonds. The van der Waals surface area contributed by atoms with Gasteiger partial charge in [0.1, 0.15) is 6.10 Å². The number of sulfonamides is 1. The molecule has 0 bridgehead atoms. The van der Waals surface area contributed by atoms with E-state index in [9.17, 15) is 13.2 Å². The summed E-state index contributed by atoms with van der Waals surface area (Å²) in [6.45, 7) is 5.21. The van der Waals surface area contributed by atoms with Gasteiger partial charge in [0.05, 0.1) is 12.2 Å². The van der Waals surface area contributed by atoms with E-state index in [1.165, 1.54) is 11.6 Å². The number of aromatic nitrogens is 3. The molecule has 41 heavy (non-hydrogen) atoms. The first-order chi connectivity index (χ1) is 19.6. The van der Waals surface area contributed by atoms with Crippen molar-refractivity contribution in [3.05, 3.63) is 53.3 Å².